The maximum atomic E-state index is 11.3. The van der Waals surface area contributed by atoms with Crippen molar-refractivity contribution < 1.29 is 24.2 Å². The Kier molecular flexibility index (Phi) is 6.60. The van der Waals surface area contributed by atoms with Gasteiger partial charge in [0, 0.05) is 17.7 Å². The van der Waals surface area contributed by atoms with Gasteiger partial charge in [-0.05, 0) is 25.8 Å². The number of hydrogen-bond acceptors (Lipinski definition) is 5. The van der Waals surface area contributed by atoms with E-state index in [0.29, 0.717) is 36.4 Å². The molecule has 1 N–H and O–H groups in total. The number of rotatable bonds is 9. The molecule has 0 unspecified atom stereocenters. The van der Waals surface area contributed by atoms with Crippen molar-refractivity contribution in [3.8, 4) is 5.75 Å². The van der Waals surface area contributed by atoms with Crippen LogP contribution in [0.5, 0.6) is 5.75 Å². The van der Waals surface area contributed by atoms with E-state index in [-0.39, 0.29) is 19.0 Å². The van der Waals surface area contributed by atoms with E-state index in [1.165, 1.54) is 6.92 Å². The third kappa shape index (κ3) is 5.09. The average Bonchev–Trinajstić information content (AvgIpc) is 2.41. The molecule has 0 saturated carbocycles. The van der Waals surface area contributed by atoms with E-state index in [9.17, 15) is 9.59 Å². The largest absolute Gasteiger partial charge is 0.493 e. The van der Waals surface area contributed by atoms with Gasteiger partial charge in [-0.2, -0.15) is 0 Å². The Labute approximate surface area is 112 Å². The number of hydrogen-bond donors (Lipinski definition) is 1. The Morgan fingerprint density at radius 2 is 2.16 bits per heavy atom. The second-order valence-corrected chi connectivity index (χ2v) is 4.07. The molecule has 0 amide bonds. The van der Waals surface area contributed by atoms with E-state index in [1.807, 2.05) is 0 Å². The molecule has 5 heteroatoms. The van der Waals surface area contributed by atoms with Crippen molar-refractivity contribution in [2.45, 2.75) is 26.4 Å². The highest BCUT2D eigenvalue weighted by atomic mass is 16.5. The molecule has 0 aromatic heterocycles. The normalized spacial score (nSPS) is 10.0. The summed E-state index contributed by atoms with van der Waals surface area (Å²) >= 11 is 0. The molecule has 104 valence electrons. The summed E-state index contributed by atoms with van der Waals surface area (Å²) in [5, 5.41) is 8.69. The number of benzene rings is 1. The zero-order valence-electron chi connectivity index (χ0n) is 10.9. The summed E-state index contributed by atoms with van der Waals surface area (Å²) in [6.45, 7) is 2.52. The zero-order valence-corrected chi connectivity index (χ0v) is 10.9. The number of aliphatic hydroxyl groups is 1. The van der Waals surface area contributed by atoms with Crippen LogP contribution in [0, 0.1) is 0 Å². The lowest BCUT2D eigenvalue weighted by atomic mass is 10.1. The van der Waals surface area contributed by atoms with Crippen LogP contribution < -0.4 is 4.74 Å². The van der Waals surface area contributed by atoms with E-state index in [0.717, 1.165) is 6.42 Å². The number of Topliss-reactive ketones (excluding diaryl/α,β-unsaturated/α-hetero) is 1. The molecule has 0 spiro atoms. The number of ketones is 1. The Morgan fingerprint density at radius 3 is 2.79 bits per heavy atom. The van der Waals surface area contributed by atoms with Crippen LogP contribution in [-0.2, 0) is 16.1 Å². The van der Waals surface area contributed by atoms with Gasteiger partial charge in [0.2, 0.25) is 0 Å². The molecular weight excluding hydrogens is 248 g/mol. The Balaban J connectivity index is 2.77. The number of carbonyl (C=O) groups excluding carboxylic acids is 2. The minimum atomic E-state index is -0.0527. The van der Waals surface area contributed by atoms with Crippen LogP contribution in [0.15, 0.2) is 18.2 Å². The second-order valence-electron chi connectivity index (χ2n) is 4.07. The molecule has 0 heterocycles. The lowest BCUT2D eigenvalue weighted by molar-refractivity contribution is -0.129. The monoisotopic (exact) mass is 266 g/mol. The molecule has 0 aliphatic heterocycles. The molecule has 0 saturated heterocycles. The Bertz CT molecular complexity index is 428. The Morgan fingerprint density at radius 1 is 1.37 bits per heavy atom. The van der Waals surface area contributed by atoms with E-state index >= 15 is 0 Å². The van der Waals surface area contributed by atoms with Crippen LogP contribution in [-0.4, -0.2) is 30.6 Å². The molecule has 0 aliphatic carbocycles. The van der Waals surface area contributed by atoms with Gasteiger partial charge in [-0.15, -0.1) is 0 Å². The smallest absolute Gasteiger partial charge is 0.293 e. The molecule has 0 fully saturated rings. The summed E-state index contributed by atoms with van der Waals surface area (Å²) < 4.78 is 10.3. The topological polar surface area (TPSA) is 72.8 Å². The first-order valence-electron chi connectivity index (χ1n) is 6.11. The van der Waals surface area contributed by atoms with Crippen LogP contribution in [0.1, 0.15) is 35.7 Å². The maximum absolute atomic E-state index is 11.3. The molecule has 1 aromatic rings. The van der Waals surface area contributed by atoms with Gasteiger partial charge >= 0.3 is 0 Å². The Hall–Kier alpha value is -1.88. The highest BCUT2D eigenvalue weighted by Gasteiger charge is 2.08. The fraction of sp³-hybridized carbons (Fsp3) is 0.429. The third-order valence-corrected chi connectivity index (χ3v) is 2.59. The van der Waals surface area contributed by atoms with Crippen molar-refractivity contribution in [3.05, 3.63) is 29.3 Å². The van der Waals surface area contributed by atoms with E-state index in [4.69, 9.17) is 14.6 Å². The number of unbranched alkanes of at least 4 members (excludes halogenated alkanes) is 1. The fourth-order valence-corrected chi connectivity index (χ4v) is 1.55. The highest BCUT2D eigenvalue weighted by Crippen LogP contribution is 2.22. The van der Waals surface area contributed by atoms with Crippen molar-refractivity contribution in [2.24, 2.45) is 0 Å². The SMILES string of the molecule is CC(=O)c1ccc(COC=O)c(OCCCCO)c1. The van der Waals surface area contributed by atoms with E-state index in [2.05, 4.69) is 0 Å². The van der Waals surface area contributed by atoms with E-state index in [1.54, 1.807) is 18.2 Å². The van der Waals surface area contributed by atoms with Gasteiger partial charge < -0.3 is 14.6 Å². The summed E-state index contributed by atoms with van der Waals surface area (Å²) in [7, 11) is 0. The maximum Gasteiger partial charge on any atom is 0.293 e. The van der Waals surface area contributed by atoms with Crippen molar-refractivity contribution in [1.82, 2.24) is 0 Å². The summed E-state index contributed by atoms with van der Waals surface area (Å²) in [5.41, 5.74) is 1.26. The predicted octanol–water partition coefficient (Wildman–Crippen LogP) is 1.71. The second kappa shape index (κ2) is 8.26. The van der Waals surface area contributed by atoms with Crippen molar-refractivity contribution in [3.63, 3.8) is 0 Å². The minimum Gasteiger partial charge on any atom is -0.493 e. The summed E-state index contributed by atoms with van der Waals surface area (Å²) in [6, 6.07) is 5.03. The molecule has 0 radical (unpaired) electrons. The number of carbonyl (C=O) groups is 2. The molecule has 0 atom stereocenters. The summed E-state index contributed by atoms with van der Waals surface area (Å²) in [5.74, 6) is 0.482. The molecule has 0 bridgehead atoms. The van der Waals surface area contributed by atoms with Gasteiger partial charge in [0.05, 0.1) is 6.61 Å². The van der Waals surface area contributed by atoms with Gasteiger partial charge in [-0.1, -0.05) is 12.1 Å². The average molecular weight is 266 g/mol. The first-order chi connectivity index (χ1) is 9.19. The van der Waals surface area contributed by atoms with Gasteiger partial charge in [-0.3, -0.25) is 9.59 Å². The van der Waals surface area contributed by atoms with Crippen molar-refractivity contribution >= 4 is 12.3 Å². The van der Waals surface area contributed by atoms with Crippen LogP contribution >= 0.6 is 0 Å². The summed E-state index contributed by atoms with van der Waals surface area (Å²) in [6.07, 6.45) is 1.38. The van der Waals surface area contributed by atoms with Crippen molar-refractivity contribution in [2.75, 3.05) is 13.2 Å². The van der Waals surface area contributed by atoms with Gasteiger partial charge in [-0.25, -0.2) is 0 Å². The van der Waals surface area contributed by atoms with Crippen LogP contribution in [0.3, 0.4) is 0 Å². The molecule has 5 nitrogen and oxygen atoms in total. The summed E-state index contributed by atoms with van der Waals surface area (Å²) in [4.78, 5) is 21.5. The van der Waals surface area contributed by atoms with Crippen LogP contribution in [0.25, 0.3) is 0 Å². The molecule has 0 aliphatic rings. The first-order valence-corrected chi connectivity index (χ1v) is 6.11. The van der Waals surface area contributed by atoms with Gasteiger partial charge in [0.15, 0.2) is 5.78 Å². The first kappa shape index (κ1) is 15.2. The van der Waals surface area contributed by atoms with E-state index < -0.39 is 0 Å². The molecule has 19 heavy (non-hydrogen) atoms. The van der Waals surface area contributed by atoms with Crippen molar-refractivity contribution in [1.29, 1.82) is 0 Å². The predicted molar refractivity (Wildman–Crippen MR) is 69.1 cm³/mol. The molecular formula is C14H18O5. The van der Waals surface area contributed by atoms with Gasteiger partial charge in [0.1, 0.15) is 12.4 Å². The molecule has 1 aromatic carbocycles. The van der Waals surface area contributed by atoms with Crippen LogP contribution in [0.2, 0.25) is 0 Å². The number of ether oxygens (including phenoxy) is 2. The fourth-order valence-electron chi connectivity index (χ4n) is 1.55. The lowest BCUT2D eigenvalue weighted by Crippen LogP contribution is -2.04. The minimum absolute atomic E-state index is 0.0527. The quantitative estimate of drug-likeness (QED) is 0.418. The lowest BCUT2D eigenvalue weighted by Gasteiger charge is -2.12. The molecule has 1 rings (SSSR count). The zero-order chi connectivity index (χ0) is 14.1. The highest BCUT2D eigenvalue weighted by molar-refractivity contribution is 5.94. The number of aliphatic hydroxyl groups excluding tert-OH is 1. The van der Waals surface area contributed by atoms with Gasteiger partial charge in [0.25, 0.3) is 6.47 Å². The standard InChI is InChI=1S/C14H18O5/c1-11(17)12-4-5-13(9-18-10-16)14(8-12)19-7-3-2-6-15/h4-5,8,10,15H,2-3,6-7,9H2,1H3. The van der Waals surface area contributed by atoms with Crippen LogP contribution in [0.4, 0.5) is 0 Å². The third-order valence-electron chi connectivity index (χ3n) is 2.59.